The number of nitrogens with one attached hydrogen (secondary N) is 2. The summed E-state index contributed by atoms with van der Waals surface area (Å²) in [6, 6.07) is 10.6. The van der Waals surface area contributed by atoms with Crippen molar-refractivity contribution in [1.29, 1.82) is 0 Å². The van der Waals surface area contributed by atoms with E-state index >= 15 is 0 Å². The molecular formula is C20H22N2O4S. The van der Waals surface area contributed by atoms with E-state index in [2.05, 4.69) is 17.6 Å². The summed E-state index contributed by atoms with van der Waals surface area (Å²) in [6.07, 6.45) is 3.08. The Hall–Kier alpha value is -2.67. The van der Waals surface area contributed by atoms with Crippen LogP contribution in [0.2, 0.25) is 0 Å². The van der Waals surface area contributed by atoms with Crippen LogP contribution < -0.4 is 10.6 Å². The minimum atomic E-state index is -0.663. The van der Waals surface area contributed by atoms with Crippen LogP contribution in [0.3, 0.4) is 0 Å². The van der Waals surface area contributed by atoms with Crippen LogP contribution in [0, 0.1) is 5.92 Å². The molecule has 7 heteroatoms. The number of esters is 1. The molecule has 1 atom stereocenters. The number of thiophene rings is 1. The van der Waals surface area contributed by atoms with Crippen LogP contribution in [0.1, 0.15) is 39.0 Å². The smallest absolute Gasteiger partial charge is 0.348 e. The zero-order valence-electron chi connectivity index (χ0n) is 15.1. The van der Waals surface area contributed by atoms with E-state index in [0.29, 0.717) is 17.3 Å². The van der Waals surface area contributed by atoms with Gasteiger partial charge in [0.05, 0.1) is 0 Å². The van der Waals surface area contributed by atoms with Crippen LogP contribution >= 0.6 is 11.3 Å². The number of benzene rings is 1. The van der Waals surface area contributed by atoms with Gasteiger partial charge in [0.1, 0.15) is 4.88 Å². The molecule has 1 aliphatic rings. The second-order valence-electron chi connectivity index (χ2n) is 6.70. The first-order chi connectivity index (χ1) is 13.0. The van der Waals surface area contributed by atoms with Crippen LogP contribution in [0.5, 0.6) is 0 Å². The molecule has 6 nitrogen and oxygen atoms in total. The van der Waals surface area contributed by atoms with Crippen molar-refractivity contribution in [2.75, 3.05) is 6.61 Å². The molecule has 3 amide bonds. The Balaban J connectivity index is 1.42. The Kier molecular flexibility index (Phi) is 6.24. The van der Waals surface area contributed by atoms with Crippen molar-refractivity contribution >= 4 is 29.2 Å². The minimum absolute atomic E-state index is 0.304. The van der Waals surface area contributed by atoms with E-state index in [-0.39, 0.29) is 0 Å². The van der Waals surface area contributed by atoms with Crippen LogP contribution in [0.4, 0.5) is 4.79 Å². The maximum Gasteiger partial charge on any atom is 0.348 e. The maximum absolute atomic E-state index is 12.2. The summed E-state index contributed by atoms with van der Waals surface area (Å²) in [5, 5.41) is 4.73. The third kappa shape index (κ3) is 5.40. The molecule has 1 aromatic carbocycles. The molecule has 0 radical (unpaired) electrons. The number of rotatable bonds is 5. The van der Waals surface area contributed by atoms with Gasteiger partial charge in [-0.25, -0.2) is 9.59 Å². The second kappa shape index (κ2) is 8.81. The lowest BCUT2D eigenvalue weighted by molar-refractivity contribution is -0.123. The van der Waals surface area contributed by atoms with Gasteiger partial charge in [0, 0.05) is 11.4 Å². The Morgan fingerprint density at radius 3 is 2.78 bits per heavy atom. The number of aryl methyl sites for hydroxylation is 1. The summed E-state index contributed by atoms with van der Waals surface area (Å²) in [7, 11) is 0. The van der Waals surface area contributed by atoms with E-state index in [1.165, 1.54) is 21.8 Å². The fourth-order valence-electron chi connectivity index (χ4n) is 2.99. The van der Waals surface area contributed by atoms with E-state index in [1.807, 2.05) is 36.4 Å². The number of carbonyl (C=O) groups is 3. The third-order valence-electron chi connectivity index (χ3n) is 4.41. The number of hydrogen-bond donors (Lipinski definition) is 2. The van der Waals surface area contributed by atoms with E-state index in [0.717, 1.165) is 24.8 Å². The summed E-state index contributed by atoms with van der Waals surface area (Å²) in [6.45, 7) is 2.02. The van der Waals surface area contributed by atoms with Gasteiger partial charge in [-0.1, -0.05) is 37.3 Å². The molecule has 1 heterocycles. The van der Waals surface area contributed by atoms with Gasteiger partial charge in [-0.05, 0) is 42.4 Å². The topological polar surface area (TPSA) is 84.5 Å². The van der Waals surface area contributed by atoms with E-state index < -0.39 is 24.5 Å². The minimum Gasteiger partial charge on any atom is -0.451 e. The van der Waals surface area contributed by atoms with Gasteiger partial charge in [0.2, 0.25) is 0 Å². The molecule has 1 aliphatic carbocycles. The molecule has 0 aliphatic heterocycles. The van der Waals surface area contributed by atoms with Crippen molar-refractivity contribution < 1.29 is 19.1 Å². The lowest BCUT2D eigenvalue weighted by Gasteiger charge is -2.16. The van der Waals surface area contributed by atoms with Gasteiger partial charge in [-0.2, -0.15) is 0 Å². The first-order valence-electron chi connectivity index (χ1n) is 8.91. The normalized spacial score (nSPS) is 15.5. The predicted molar refractivity (Wildman–Crippen MR) is 103 cm³/mol. The van der Waals surface area contributed by atoms with E-state index in [1.54, 1.807) is 0 Å². The first-order valence-corrected chi connectivity index (χ1v) is 9.73. The average molecular weight is 386 g/mol. The number of carbonyl (C=O) groups excluding carboxylic acids is 3. The van der Waals surface area contributed by atoms with Crippen molar-refractivity contribution in [2.24, 2.45) is 5.92 Å². The van der Waals surface area contributed by atoms with Gasteiger partial charge >= 0.3 is 12.0 Å². The van der Waals surface area contributed by atoms with Crippen molar-refractivity contribution in [3.05, 3.63) is 57.3 Å². The van der Waals surface area contributed by atoms with Gasteiger partial charge in [-0.3, -0.25) is 10.1 Å². The second-order valence-corrected chi connectivity index (χ2v) is 7.84. The Labute approximate surface area is 161 Å². The molecule has 0 fully saturated rings. The number of ether oxygens (including phenoxy) is 1. The monoisotopic (exact) mass is 386 g/mol. The highest BCUT2D eigenvalue weighted by molar-refractivity contribution is 7.14. The summed E-state index contributed by atoms with van der Waals surface area (Å²) >= 11 is 1.43. The fraction of sp³-hybridized carbons (Fsp3) is 0.350. The summed E-state index contributed by atoms with van der Waals surface area (Å²) in [5.74, 6) is -0.568. The molecule has 2 aromatic rings. The molecule has 2 N–H and O–H groups in total. The van der Waals surface area contributed by atoms with E-state index in [9.17, 15) is 14.4 Å². The molecule has 142 valence electrons. The molecule has 1 unspecified atom stereocenters. The zero-order valence-corrected chi connectivity index (χ0v) is 15.9. The largest absolute Gasteiger partial charge is 0.451 e. The standard InChI is InChI=1S/C20H22N2O4S/c1-13-7-8-16-15(9-13)10-17(27-16)19(24)26-12-18(23)22-20(25)21-11-14-5-3-2-4-6-14/h2-6,10,13H,7-9,11-12H2,1H3,(H2,21,22,23,25). The Morgan fingerprint density at radius 1 is 1.22 bits per heavy atom. The Morgan fingerprint density at radius 2 is 2.00 bits per heavy atom. The number of amides is 3. The van der Waals surface area contributed by atoms with Crippen LogP contribution in [0.15, 0.2) is 36.4 Å². The predicted octanol–water partition coefficient (Wildman–Crippen LogP) is 3.06. The van der Waals surface area contributed by atoms with Crippen molar-refractivity contribution in [3.63, 3.8) is 0 Å². The number of fused-ring (bicyclic) bond motifs is 1. The van der Waals surface area contributed by atoms with Crippen LogP contribution in [-0.4, -0.2) is 24.5 Å². The van der Waals surface area contributed by atoms with Gasteiger partial charge in [0.15, 0.2) is 6.61 Å². The molecule has 1 aromatic heterocycles. The molecule has 0 bridgehead atoms. The highest BCUT2D eigenvalue weighted by atomic mass is 32.1. The summed E-state index contributed by atoms with van der Waals surface area (Å²) in [4.78, 5) is 37.4. The van der Waals surface area contributed by atoms with Gasteiger partial charge in [0.25, 0.3) is 5.91 Å². The van der Waals surface area contributed by atoms with Crippen LogP contribution in [0.25, 0.3) is 0 Å². The quantitative estimate of drug-likeness (QED) is 0.774. The Bertz CT molecular complexity index is 832. The van der Waals surface area contributed by atoms with Gasteiger partial charge in [-0.15, -0.1) is 11.3 Å². The highest BCUT2D eigenvalue weighted by Gasteiger charge is 2.22. The number of urea groups is 1. The maximum atomic E-state index is 12.2. The van der Waals surface area contributed by atoms with Crippen molar-refractivity contribution in [2.45, 2.75) is 32.7 Å². The molecule has 27 heavy (non-hydrogen) atoms. The van der Waals surface area contributed by atoms with Gasteiger partial charge < -0.3 is 10.1 Å². The number of imide groups is 1. The van der Waals surface area contributed by atoms with Crippen molar-refractivity contribution in [3.8, 4) is 0 Å². The number of hydrogen-bond acceptors (Lipinski definition) is 5. The summed E-state index contributed by atoms with van der Waals surface area (Å²) in [5.41, 5.74) is 2.12. The molecule has 0 saturated carbocycles. The molecular weight excluding hydrogens is 364 g/mol. The van der Waals surface area contributed by atoms with E-state index in [4.69, 9.17) is 4.74 Å². The first kappa shape index (κ1) is 19.1. The lowest BCUT2D eigenvalue weighted by atomic mass is 9.90. The molecule has 0 spiro atoms. The molecule has 0 saturated heterocycles. The van der Waals surface area contributed by atoms with Crippen LogP contribution in [-0.2, 0) is 28.9 Å². The third-order valence-corrected chi connectivity index (χ3v) is 5.63. The summed E-state index contributed by atoms with van der Waals surface area (Å²) < 4.78 is 5.04. The lowest BCUT2D eigenvalue weighted by Crippen LogP contribution is -2.41. The molecule has 3 rings (SSSR count). The fourth-order valence-corrected chi connectivity index (χ4v) is 4.10. The average Bonchev–Trinajstić information content (AvgIpc) is 3.08. The highest BCUT2D eigenvalue weighted by Crippen LogP contribution is 2.32. The zero-order chi connectivity index (χ0) is 19.2. The SMILES string of the molecule is CC1CCc2sc(C(=O)OCC(=O)NC(=O)NCc3ccccc3)cc2C1. The van der Waals surface area contributed by atoms with Crippen molar-refractivity contribution in [1.82, 2.24) is 10.6 Å².